The van der Waals surface area contributed by atoms with E-state index >= 15 is 0 Å². The molecule has 1 aromatic rings. The molecule has 0 bridgehead atoms. The highest BCUT2D eigenvalue weighted by Crippen LogP contribution is 2.29. The minimum Gasteiger partial charge on any atom is -0.363 e. The van der Waals surface area contributed by atoms with Gasteiger partial charge >= 0.3 is 0 Å². The Morgan fingerprint density at radius 2 is 2.26 bits per heavy atom. The number of thioether (sulfide) groups is 1. The summed E-state index contributed by atoms with van der Waals surface area (Å²) in [7, 11) is -1.58. The van der Waals surface area contributed by atoms with Crippen LogP contribution in [0.5, 0.6) is 0 Å². The van der Waals surface area contributed by atoms with Gasteiger partial charge in [-0.3, -0.25) is 0 Å². The number of hydrogen-bond donors (Lipinski definition) is 3. The molecule has 0 aromatic carbocycles. The van der Waals surface area contributed by atoms with Crippen molar-refractivity contribution in [3.63, 3.8) is 0 Å². The molecule has 1 aliphatic rings. The molecule has 108 valence electrons. The van der Waals surface area contributed by atoms with E-state index in [0.29, 0.717) is 16.7 Å². The van der Waals surface area contributed by atoms with Gasteiger partial charge in [0.15, 0.2) is 0 Å². The van der Waals surface area contributed by atoms with Crippen molar-refractivity contribution in [1.82, 2.24) is 15.0 Å². The highest BCUT2D eigenvalue weighted by atomic mass is 32.2. The fourth-order valence-corrected chi connectivity index (χ4v) is 4.83. The lowest BCUT2D eigenvalue weighted by Gasteiger charge is -2.18. The summed E-state index contributed by atoms with van der Waals surface area (Å²) in [6.07, 6.45) is 6.71. The van der Waals surface area contributed by atoms with Gasteiger partial charge in [-0.2, -0.15) is 11.8 Å². The topological polar surface area (TPSA) is 74.0 Å². The third kappa shape index (κ3) is 3.53. The first-order valence-electron chi connectivity index (χ1n) is 6.44. The summed E-state index contributed by atoms with van der Waals surface area (Å²) in [5.74, 6) is 0. The van der Waals surface area contributed by atoms with Crippen LogP contribution in [0.4, 0.5) is 0 Å². The summed E-state index contributed by atoms with van der Waals surface area (Å²) in [5.41, 5.74) is 0.871. The molecule has 0 amide bonds. The standard InChI is InChI=1S/C12H21N3O2S2/c1-13-7-9-6-10(8-14-9)19(16,17)15-11-4-3-5-12(11)18-2/h6,8,11-15H,3-5,7H2,1-2H3. The van der Waals surface area contributed by atoms with Gasteiger partial charge in [0.1, 0.15) is 0 Å². The molecule has 1 heterocycles. The van der Waals surface area contributed by atoms with Gasteiger partial charge in [0, 0.05) is 29.7 Å². The second-order valence-electron chi connectivity index (χ2n) is 4.82. The summed E-state index contributed by atoms with van der Waals surface area (Å²) in [6, 6.07) is 1.74. The molecule has 7 heteroatoms. The summed E-state index contributed by atoms with van der Waals surface area (Å²) in [4.78, 5) is 3.30. The molecule has 2 atom stereocenters. The van der Waals surface area contributed by atoms with Gasteiger partial charge in [0.25, 0.3) is 0 Å². The zero-order chi connectivity index (χ0) is 13.9. The SMILES string of the molecule is CNCc1cc(S(=O)(=O)NC2CCCC2SC)c[nH]1. The van der Waals surface area contributed by atoms with Crippen LogP contribution in [0.25, 0.3) is 0 Å². The van der Waals surface area contributed by atoms with Crippen LogP contribution in [0.1, 0.15) is 25.0 Å². The van der Waals surface area contributed by atoms with Crippen LogP contribution in [0, 0.1) is 0 Å². The normalized spacial score (nSPS) is 23.9. The number of H-pyrrole nitrogens is 1. The summed E-state index contributed by atoms with van der Waals surface area (Å²) in [6.45, 7) is 0.631. The Bertz CT molecular complexity index is 513. The van der Waals surface area contributed by atoms with Crippen LogP contribution < -0.4 is 10.0 Å². The van der Waals surface area contributed by atoms with Crippen LogP contribution >= 0.6 is 11.8 Å². The predicted octanol–water partition coefficient (Wildman–Crippen LogP) is 1.30. The molecule has 1 aromatic heterocycles. The highest BCUT2D eigenvalue weighted by Gasteiger charge is 2.30. The first kappa shape index (κ1) is 14.9. The number of hydrogen-bond acceptors (Lipinski definition) is 4. The minimum absolute atomic E-state index is 0.0580. The van der Waals surface area contributed by atoms with Gasteiger partial charge < -0.3 is 10.3 Å². The molecule has 2 rings (SSSR count). The Morgan fingerprint density at radius 1 is 1.47 bits per heavy atom. The third-order valence-corrected chi connectivity index (χ3v) is 6.09. The fourth-order valence-electron chi connectivity index (χ4n) is 2.48. The van der Waals surface area contributed by atoms with Crippen molar-refractivity contribution >= 4 is 21.8 Å². The monoisotopic (exact) mass is 303 g/mol. The van der Waals surface area contributed by atoms with Gasteiger partial charge in [-0.25, -0.2) is 13.1 Å². The van der Waals surface area contributed by atoms with E-state index in [4.69, 9.17) is 0 Å². The zero-order valence-electron chi connectivity index (χ0n) is 11.3. The number of aromatic nitrogens is 1. The molecule has 2 unspecified atom stereocenters. The Morgan fingerprint density at radius 3 is 2.95 bits per heavy atom. The Balaban J connectivity index is 2.08. The van der Waals surface area contributed by atoms with Crippen molar-refractivity contribution in [2.45, 2.75) is 42.0 Å². The maximum atomic E-state index is 12.3. The zero-order valence-corrected chi connectivity index (χ0v) is 12.9. The lowest BCUT2D eigenvalue weighted by molar-refractivity contribution is 0.555. The Hall–Kier alpha value is -0.500. The van der Waals surface area contributed by atoms with Crippen LogP contribution in [0.3, 0.4) is 0 Å². The van der Waals surface area contributed by atoms with Crippen molar-refractivity contribution in [3.8, 4) is 0 Å². The summed E-state index contributed by atoms with van der Waals surface area (Å²) < 4.78 is 27.5. The molecule has 0 aliphatic heterocycles. The molecule has 1 saturated carbocycles. The second kappa shape index (κ2) is 6.30. The van der Waals surface area contributed by atoms with E-state index in [0.717, 1.165) is 25.0 Å². The van der Waals surface area contributed by atoms with Crippen molar-refractivity contribution in [2.75, 3.05) is 13.3 Å². The van der Waals surface area contributed by atoms with E-state index in [2.05, 4.69) is 15.0 Å². The van der Waals surface area contributed by atoms with Gasteiger partial charge in [-0.15, -0.1) is 0 Å². The van der Waals surface area contributed by atoms with Crippen molar-refractivity contribution in [3.05, 3.63) is 18.0 Å². The van der Waals surface area contributed by atoms with Crippen LogP contribution in [-0.2, 0) is 16.6 Å². The molecule has 0 saturated heterocycles. The van der Waals surface area contributed by atoms with E-state index in [1.165, 1.54) is 0 Å². The third-order valence-electron chi connectivity index (χ3n) is 3.46. The molecular weight excluding hydrogens is 282 g/mol. The van der Waals surface area contributed by atoms with Crippen molar-refractivity contribution < 1.29 is 8.42 Å². The smallest absolute Gasteiger partial charge is 0.242 e. The van der Waals surface area contributed by atoms with E-state index < -0.39 is 10.0 Å². The molecule has 3 N–H and O–H groups in total. The largest absolute Gasteiger partial charge is 0.363 e. The van der Waals surface area contributed by atoms with Gasteiger partial charge in [0.2, 0.25) is 10.0 Å². The minimum atomic E-state index is -3.41. The number of rotatable bonds is 6. The molecule has 5 nitrogen and oxygen atoms in total. The fraction of sp³-hybridized carbons (Fsp3) is 0.667. The van der Waals surface area contributed by atoms with E-state index in [1.807, 2.05) is 13.3 Å². The van der Waals surface area contributed by atoms with Crippen molar-refractivity contribution in [1.29, 1.82) is 0 Å². The lowest BCUT2D eigenvalue weighted by atomic mass is 10.3. The van der Waals surface area contributed by atoms with Crippen LogP contribution in [0.2, 0.25) is 0 Å². The molecule has 0 radical (unpaired) electrons. The van der Waals surface area contributed by atoms with E-state index in [-0.39, 0.29) is 6.04 Å². The Kier molecular flexibility index (Phi) is 4.94. The molecule has 1 fully saturated rings. The second-order valence-corrected chi connectivity index (χ2v) is 7.61. The highest BCUT2D eigenvalue weighted by molar-refractivity contribution is 7.99. The lowest BCUT2D eigenvalue weighted by Crippen LogP contribution is -2.38. The summed E-state index contributed by atoms with van der Waals surface area (Å²) >= 11 is 1.74. The average molecular weight is 303 g/mol. The van der Waals surface area contributed by atoms with Crippen LogP contribution in [0.15, 0.2) is 17.2 Å². The maximum absolute atomic E-state index is 12.3. The molecule has 0 spiro atoms. The number of aromatic amines is 1. The van der Waals surface area contributed by atoms with Crippen LogP contribution in [-0.4, -0.2) is 38.0 Å². The number of nitrogens with one attached hydrogen (secondary N) is 3. The Labute approximate surface area is 119 Å². The predicted molar refractivity (Wildman–Crippen MR) is 78.8 cm³/mol. The van der Waals surface area contributed by atoms with Gasteiger partial charge in [-0.1, -0.05) is 6.42 Å². The molecular formula is C12H21N3O2S2. The van der Waals surface area contributed by atoms with E-state index in [9.17, 15) is 8.42 Å². The molecule has 1 aliphatic carbocycles. The number of sulfonamides is 1. The molecule has 19 heavy (non-hydrogen) atoms. The summed E-state index contributed by atoms with van der Waals surface area (Å²) in [5, 5.41) is 3.38. The van der Waals surface area contributed by atoms with Gasteiger partial charge in [-0.05, 0) is 32.2 Å². The first-order chi connectivity index (χ1) is 9.06. The van der Waals surface area contributed by atoms with E-state index in [1.54, 1.807) is 24.0 Å². The van der Waals surface area contributed by atoms with Gasteiger partial charge in [0.05, 0.1) is 4.90 Å². The van der Waals surface area contributed by atoms with Crippen molar-refractivity contribution in [2.24, 2.45) is 0 Å². The maximum Gasteiger partial charge on any atom is 0.242 e. The average Bonchev–Trinajstić information content (AvgIpc) is 2.98. The first-order valence-corrected chi connectivity index (χ1v) is 9.21. The quantitative estimate of drug-likeness (QED) is 0.740.